The predicted octanol–water partition coefficient (Wildman–Crippen LogP) is 4.28. The topological polar surface area (TPSA) is 29.5 Å². The number of aliphatic hydroxyl groups is 1. The summed E-state index contributed by atoms with van der Waals surface area (Å²) in [6, 6.07) is 12.5. The highest BCUT2D eigenvalue weighted by molar-refractivity contribution is 6.30. The number of aliphatic hydroxyl groups excluding tert-OH is 1. The molecule has 0 saturated heterocycles. The molecule has 0 radical (unpaired) electrons. The molecule has 1 N–H and O–H groups in total. The van der Waals surface area contributed by atoms with Gasteiger partial charge in [0.05, 0.1) is 13.2 Å². The summed E-state index contributed by atoms with van der Waals surface area (Å²) in [6.07, 6.45) is -0.226. The van der Waals surface area contributed by atoms with Crippen molar-refractivity contribution in [3.8, 4) is 5.75 Å². The molecule has 0 bridgehead atoms. The van der Waals surface area contributed by atoms with Crippen LogP contribution in [-0.2, 0) is 6.42 Å². The molecular weight excluding hydrogens is 283 g/mol. The minimum absolute atomic E-state index is 0.421. The second kappa shape index (κ2) is 6.29. The molecule has 4 heteroatoms. The first-order valence-corrected chi connectivity index (χ1v) is 6.61. The number of halogens is 2. The lowest BCUT2D eigenvalue weighted by atomic mass is 10.0. The summed E-state index contributed by atoms with van der Waals surface area (Å²) in [5.74, 6) is 0.713. The van der Waals surface area contributed by atoms with E-state index in [0.717, 1.165) is 11.1 Å². The van der Waals surface area contributed by atoms with E-state index in [1.807, 2.05) is 12.1 Å². The lowest BCUT2D eigenvalue weighted by molar-refractivity contribution is 0.177. The van der Waals surface area contributed by atoms with Gasteiger partial charge in [0, 0.05) is 16.5 Å². The van der Waals surface area contributed by atoms with E-state index < -0.39 is 6.10 Å². The first kappa shape index (κ1) is 14.2. The van der Waals surface area contributed by atoms with Crippen molar-refractivity contribution in [2.24, 2.45) is 0 Å². The van der Waals surface area contributed by atoms with E-state index in [1.165, 1.54) is 0 Å². The molecule has 2 nitrogen and oxygen atoms in total. The van der Waals surface area contributed by atoms with Crippen LogP contribution in [0.2, 0.25) is 10.0 Å². The molecule has 1 atom stereocenters. The maximum absolute atomic E-state index is 10.3. The summed E-state index contributed by atoms with van der Waals surface area (Å²) in [7, 11) is 1.60. The van der Waals surface area contributed by atoms with Crippen LogP contribution in [0.5, 0.6) is 5.75 Å². The van der Waals surface area contributed by atoms with Crippen LogP contribution < -0.4 is 4.74 Å². The van der Waals surface area contributed by atoms with Gasteiger partial charge in [0.15, 0.2) is 0 Å². The number of rotatable bonds is 4. The Labute approximate surface area is 122 Å². The Hall–Kier alpha value is -1.22. The zero-order valence-electron chi connectivity index (χ0n) is 10.4. The minimum Gasteiger partial charge on any atom is -0.496 e. The van der Waals surface area contributed by atoms with Crippen molar-refractivity contribution in [2.75, 3.05) is 7.11 Å². The summed E-state index contributed by atoms with van der Waals surface area (Å²) in [5, 5.41) is 11.5. The third-order valence-corrected chi connectivity index (χ3v) is 3.36. The van der Waals surface area contributed by atoms with Crippen LogP contribution in [0.25, 0.3) is 0 Å². The fourth-order valence-electron chi connectivity index (χ4n) is 1.95. The Bertz CT molecular complexity index is 570. The molecule has 1 unspecified atom stereocenters. The van der Waals surface area contributed by atoms with Gasteiger partial charge in [0.25, 0.3) is 0 Å². The molecule has 0 aliphatic carbocycles. The van der Waals surface area contributed by atoms with Crippen molar-refractivity contribution in [3.63, 3.8) is 0 Å². The molecule has 0 amide bonds. The standard InChI is InChI=1S/C15H14Cl2O2/c1-19-15-6-5-13(17)8-11(15)9-14(18)10-3-2-4-12(16)7-10/h2-8,14,18H,9H2,1H3. The molecule has 0 heterocycles. The molecule has 0 spiro atoms. The zero-order chi connectivity index (χ0) is 13.8. The van der Waals surface area contributed by atoms with E-state index in [4.69, 9.17) is 27.9 Å². The predicted molar refractivity (Wildman–Crippen MR) is 78.1 cm³/mol. The first-order valence-electron chi connectivity index (χ1n) is 5.86. The summed E-state index contributed by atoms with van der Waals surface area (Å²) in [5.41, 5.74) is 1.64. The molecule has 0 fully saturated rings. The lowest BCUT2D eigenvalue weighted by Crippen LogP contribution is -2.03. The molecule has 2 aromatic rings. The summed E-state index contributed by atoms with van der Waals surface area (Å²) in [6.45, 7) is 0. The summed E-state index contributed by atoms with van der Waals surface area (Å²) < 4.78 is 5.26. The van der Waals surface area contributed by atoms with Gasteiger partial charge in [0.1, 0.15) is 5.75 Å². The van der Waals surface area contributed by atoms with E-state index >= 15 is 0 Å². The van der Waals surface area contributed by atoms with Crippen molar-refractivity contribution in [1.82, 2.24) is 0 Å². The molecule has 19 heavy (non-hydrogen) atoms. The molecule has 2 aromatic carbocycles. The van der Waals surface area contributed by atoms with Crippen molar-refractivity contribution in [2.45, 2.75) is 12.5 Å². The smallest absolute Gasteiger partial charge is 0.122 e. The normalized spacial score (nSPS) is 12.2. The number of methoxy groups -OCH3 is 1. The van der Waals surface area contributed by atoms with Crippen LogP contribution in [0, 0.1) is 0 Å². The number of ether oxygens (including phenoxy) is 1. The van der Waals surface area contributed by atoms with Gasteiger partial charge in [-0.05, 0) is 41.5 Å². The van der Waals surface area contributed by atoms with E-state index in [0.29, 0.717) is 22.2 Å². The SMILES string of the molecule is COc1ccc(Cl)cc1CC(O)c1cccc(Cl)c1. The van der Waals surface area contributed by atoms with Gasteiger partial charge in [-0.15, -0.1) is 0 Å². The summed E-state index contributed by atoms with van der Waals surface area (Å²) in [4.78, 5) is 0. The molecule has 2 rings (SSSR count). The van der Waals surface area contributed by atoms with Gasteiger partial charge in [-0.2, -0.15) is 0 Å². The first-order chi connectivity index (χ1) is 9.10. The van der Waals surface area contributed by atoms with Crippen molar-refractivity contribution >= 4 is 23.2 Å². The molecule has 100 valence electrons. The fraction of sp³-hybridized carbons (Fsp3) is 0.200. The van der Waals surface area contributed by atoms with Crippen LogP contribution >= 0.6 is 23.2 Å². The molecular formula is C15H14Cl2O2. The quantitative estimate of drug-likeness (QED) is 0.912. The van der Waals surface area contributed by atoms with Crippen molar-refractivity contribution in [3.05, 3.63) is 63.6 Å². The molecule has 0 aliphatic rings. The van der Waals surface area contributed by atoms with Gasteiger partial charge in [-0.3, -0.25) is 0 Å². The maximum Gasteiger partial charge on any atom is 0.122 e. The van der Waals surface area contributed by atoms with Crippen LogP contribution in [0.4, 0.5) is 0 Å². The molecule has 0 saturated carbocycles. The second-order valence-corrected chi connectivity index (χ2v) is 5.10. The highest BCUT2D eigenvalue weighted by atomic mass is 35.5. The zero-order valence-corrected chi connectivity index (χ0v) is 11.9. The van der Waals surface area contributed by atoms with E-state index in [2.05, 4.69) is 0 Å². The van der Waals surface area contributed by atoms with Crippen LogP contribution in [0.3, 0.4) is 0 Å². The number of hydrogen-bond acceptors (Lipinski definition) is 2. The summed E-state index contributed by atoms with van der Waals surface area (Å²) >= 11 is 11.9. The van der Waals surface area contributed by atoms with Gasteiger partial charge < -0.3 is 9.84 Å². The average molecular weight is 297 g/mol. The largest absolute Gasteiger partial charge is 0.496 e. The Morgan fingerprint density at radius 3 is 2.53 bits per heavy atom. The monoisotopic (exact) mass is 296 g/mol. The Balaban J connectivity index is 2.23. The van der Waals surface area contributed by atoms with Gasteiger partial charge in [-0.1, -0.05) is 35.3 Å². The van der Waals surface area contributed by atoms with Crippen LogP contribution in [0.15, 0.2) is 42.5 Å². The van der Waals surface area contributed by atoms with Gasteiger partial charge in [-0.25, -0.2) is 0 Å². The van der Waals surface area contributed by atoms with E-state index in [1.54, 1.807) is 37.4 Å². The van der Waals surface area contributed by atoms with Crippen LogP contribution in [0.1, 0.15) is 17.2 Å². The Kier molecular flexibility index (Phi) is 4.70. The van der Waals surface area contributed by atoms with Crippen LogP contribution in [-0.4, -0.2) is 12.2 Å². The highest BCUT2D eigenvalue weighted by Gasteiger charge is 2.12. The fourth-order valence-corrected chi connectivity index (χ4v) is 2.34. The second-order valence-electron chi connectivity index (χ2n) is 4.23. The maximum atomic E-state index is 10.3. The number of hydrogen-bond donors (Lipinski definition) is 1. The van der Waals surface area contributed by atoms with Gasteiger partial charge in [0.2, 0.25) is 0 Å². The number of benzene rings is 2. The van der Waals surface area contributed by atoms with E-state index in [-0.39, 0.29) is 0 Å². The average Bonchev–Trinajstić information content (AvgIpc) is 2.39. The Morgan fingerprint density at radius 2 is 1.84 bits per heavy atom. The lowest BCUT2D eigenvalue weighted by Gasteiger charge is -2.14. The van der Waals surface area contributed by atoms with Crippen molar-refractivity contribution in [1.29, 1.82) is 0 Å². The molecule has 0 aliphatic heterocycles. The van der Waals surface area contributed by atoms with Gasteiger partial charge >= 0.3 is 0 Å². The third kappa shape index (κ3) is 3.63. The molecule has 0 aromatic heterocycles. The third-order valence-electron chi connectivity index (χ3n) is 2.89. The van der Waals surface area contributed by atoms with Crippen molar-refractivity contribution < 1.29 is 9.84 Å². The Morgan fingerprint density at radius 1 is 1.11 bits per heavy atom. The highest BCUT2D eigenvalue weighted by Crippen LogP contribution is 2.28. The van der Waals surface area contributed by atoms with E-state index in [9.17, 15) is 5.11 Å². The minimum atomic E-state index is -0.647.